The Morgan fingerprint density at radius 1 is 1.32 bits per heavy atom. The van der Waals surface area contributed by atoms with Crippen LogP contribution in [0.5, 0.6) is 0 Å². The van der Waals surface area contributed by atoms with Crippen LogP contribution in [0.4, 0.5) is 0 Å². The Balaban J connectivity index is 2.18. The molecule has 3 nitrogen and oxygen atoms in total. The Morgan fingerprint density at radius 2 is 2.00 bits per heavy atom. The first-order valence-electron chi connectivity index (χ1n) is 6.41. The number of likely N-dealkylation sites (N-methyl/N-ethyl adjacent to an activating group) is 1. The summed E-state index contributed by atoms with van der Waals surface area (Å²) in [6, 6.07) is 4.69. The molecule has 1 aliphatic carbocycles. The van der Waals surface area contributed by atoms with Gasteiger partial charge in [-0.3, -0.25) is 4.79 Å². The van der Waals surface area contributed by atoms with Crippen LogP contribution in [0.1, 0.15) is 36.0 Å². The van der Waals surface area contributed by atoms with Crippen molar-refractivity contribution in [2.45, 2.75) is 37.8 Å². The Kier molecular flexibility index (Phi) is 4.71. The summed E-state index contributed by atoms with van der Waals surface area (Å²) in [5.41, 5.74) is 0.423. The lowest BCUT2D eigenvalue weighted by Gasteiger charge is -2.35. The van der Waals surface area contributed by atoms with Gasteiger partial charge in [0.2, 0.25) is 0 Å². The minimum atomic E-state index is -0.450. The molecule has 0 saturated heterocycles. The van der Waals surface area contributed by atoms with Gasteiger partial charge in [-0.1, -0.05) is 36.0 Å². The molecule has 1 aromatic rings. The summed E-state index contributed by atoms with van der Waals surface area (Å²) in [6.07, 6.45) is 3.18. The molecule has 1 fully saturated rings. The lowest BCUT2D eigenvalue weighted by atomic mass is 9.91. The number of nitrogens with zero attached hydrogens (tertiary/aromatic N) is 1. The summed E-state index contributed by atoms with van der Waals surface area (Å²) < 4.78 is 0. The number of hydrogen-bond acceptors (Lipinski definition) is 2. The number of benzene rings is 1. The molecule has 1 aliphatic rings. The summed E-state index contributed by atoms with van der Waals surface area (Å²) in [6.45, 7) is 0. The molecular weight excluding hydrogens is 285 g/mol. The van der Waals surface area contributed by atoms with Crippen LogP contribution in [0.3, 0.4) is 0 Å². The van der Waals surface area contributed by atoms with Gasteiger partial charge in [0.15, 0.2) is 0 Å². The lowest BCUT2D eigenvalue weighted by molar-refractivity contribution is 0.0268. The van der Waals surface area contributed by atoms with E-state index in [-0.39, 0.29) is 11.9 Å². The summed E-state index contributed by atoms with van der Waals surface area (Å²) in [4.78, 5) is 14.0. The Morgan fingerprint density at radius 3 is 2.63 bits per heavy atom. The Labute approximate surface area is 123 Å². The molecule has 2 atom stereocenters. The maximum Gasteiger partial charge on any atom is 0.255 e. The highest BCUT2D eigenvalue weighted by Crippen LogP contribution is 2.26. The van der Waals surface area contributed by atoms with E-state index in [1.165, 1.54) is 0 Å². The van der Waals surface area contributed by atoms with Gasteiger partial charge in [-0.15, -0.1) is 0 Å². The highest BCUT2D eigenvalue weighted by Gasteiger charge is 2.30. The van der Waals surface area contributed by atoms with Gasteiger partial charge < -0.3 is 10.0 Å². The number of aliphatic hydroxyl groups is 1. The number of carbonyl (C=O) groups is 1. The van der Waals surface area contributed by atoms with Crippen LogP contribution < -0.4 is 0 Å². The number of hydrogen-bond donors (Lipinski definition) is 1. The molecule has 1 amide bonds. The molecule has 1 N–H and O–H groups in total. The van der Waals surface area contributed by atoms with Crippen molar-refractivity contribution in [3.63, 3.8) is 0 Å². The average molecular weight is 302 g/mol. The molecule has 1 aromatic carbocycles. The van der Waals surface area contributed by atoms with E-state index in [4.69, 9.17) is 23.2 Å². The van der Waals surface area contributed by atoms with E-state index < -0.39 is 6.10 Å². The largest absolute Gasteiger partial charge is 0.391 e. The van der Waals surface area contributed by atoms with Crippen LogP contribution in [0, 0.1) is 0 Å². The molecule has 0 unspecified atom stereocenters. The van der Waals surface area contributed by atoms with Crippen LogP contribution in [0.15, 0.2) is 18.2 Å². The molecule has 0 aliphatic heterocycles. The molecule has 2 rings (SSSR count). The van der Waals surface area contributed by atoms with Gasteiger partial charge in [0.25, 0.3) is 5.91 Å². The van der Waals surface area contributed by atoms with Crippen LogP contribution >= 0.6 is 23.2 Å². The van der Waals surface area contributed by atoms with Crippen LogP contribution in [0.25, 0.3) is 0 Å². The summed E-state index contributed by atoms with van der Waals surface area (Å²) >= 11 is 11.9. The first-order valence-corrected chi connectivity index (χ1v) is 7.16. The second-order valence-corrected chi connectivity index (χ2v) is 5.80. The topological polar surface area (TPSA) is 40.5 Å². The fourth-order valence-electron chi connectivity index (χ4n) is 2.55. The minimum Gasteiger partial charge on any atom is -0.391 e. The lowest BCUT2D eigenvalue weighted by Crippen LogP contribution is -2.46. The average Bonchev–Trinajstić information content (AvgIpc) is 2.38. The smallest absolute Gasteiger partial charge is 0.255 e. The second-order valence-electron chi connectivity index (χ2n) is 4.96. The van der Waals surface area contributed by atoms with Crippen molar-refractivity contribution in [2.24, 2.45) is 0 Å². The van der Waals surface area contributed by atoms with Gasteiger partial charge in [-0.2, -0.15) is 0 Å². The first-order chi connectivity index (χ1) is 9.00. The van der Waals surface area contributed by atoms with Crippen molar-refractivity contribution >= 4 is 29.1 Å². The molecule has 0 heterocycles. The van der Waals surface area contributed by atoms with E-state index in [1.807, 2.05) is 0 Å². The van der Waals surface area contributed by atoms with Gasteiger partial charge in [0.1, 0.15) is 0 Å². The molecule has 0 spiro atoms. The molecule has 0 aromatic heterocycles. The zero-order valence-electron chi connectivity index (χ0n) is 10.8. The van der Waals surface area contributed by atoms with Gasteiger partial charge in [-0.25, -0.2) is 0 Å². The van der Waals surface area contributed by atoms with Gasteiger partial charge in [0, 0.05) is 12.1 Å². The number of halogens is 2. The van der Waals surface area contributed by atoms with Gasteiger partial charge >= 0.3 is 0 Å². The molecule has 104 valence electrons. The molecule has 1 saturated carbocycles. The molecule has 0 bridgehead atoms. The monoisotopic (exact) mass is 301 g/mol. The van der Waals surface area contributed by atoms with Crippen molar-refractivity contribution in [3.05, 3.63) is 33.8 Å². The van der Waals surface area contributed by atoms with E-state index in [0.29, 0.717) is 15.6 Å². The van der Waals surface area contributed by atoms with Gasteiger partial charge in [0.05, 0.1) is 22.7 Å². The highest BCUT2D eigenvalue weighted by atomic mass is 35.5. The third-order valence-corrected chi connectivity index (χ3v) is 4.22. The highest BCUT2D eigenvalue weighted by molar-refractivity contribution is 6.36. The van der Waals surface area contributed by atoms with Crippen LogP contribution in [-0.2, 0) is 0 Å². The van der Waals surface area contributed by atoms with Crippen molar-refractivity contribution < 1.29 is 9.90 Å². The van der Waals surface area contributed by atoms with E-state index in [1.54, 1.807) is 30.1 Å². The van der Waals surface area contributed by atoms with E-state index in [2.05, 4.69) is 0 Å². The maximum atomic E-state index is 12.4. The third-order valence-electron chi connectivity index (χ3n) is 3.67. The van der Waals surface area contributed by atoms with Crippen LogP contribution in [-0.4, -0.2) is 35.1 Å². The van der Waals surface area contributed by atoms with Crippen molar-refractivity contribution in [1.82, 2.24) is 4.90 Å². The molecular formula is C14H17Cl2NO2. The van der Waals surface area contributed by atoms with E-state index in [0.717, 1.165) is 25.7 Å². The van der Waals surface area contributed by atoms with Gasteiger partial charge in [-0.05, 0) is 31.0 Å². The zero-order valence-corrected chi connectivity index (χ0v) is 12.3. The Bertz CT molecular complexity index is 479. The fraction of sp³-hybridized carbons (Fsp3) is 0.500. The first kappa shape index (κ1) is 14.6. The number of amides is 1. The van der Waals surface area contributed by atoms with Crippen molar-refractivity contribution in [2.75, 3.05) is 7.05 Å². The summed E-state index contributed by atoms with van der Waals surface area (Å²) in [5.74, 6) is -0.174. The molecule has 0 radical (unpaired) electrons. The zero-order chi connectivity index (χ0) is 14.0. The van der Waals surface area contributed by atoms with Crippen molar-refractivity contribution in [1.29, 1.82) is 0 Å². The SMILES string of the molecule is CN(C(=O)c1ccc(Cl)cc1Cl)[C@@H]1CCCC[C@H]1O. The minimum absolute atomic E-state index is 0.131. The predicted octanol–water partition coefficient (Wildman–Crippen LogP) is 3.37. The summed E-state index contributed by atoms with van der Waals surface area (Å²) in [5, 5.41) is 10.8. The standard InChI is InChI=1S/C14H17Cl2NO2/c1-17(12-4-2-3-5-13(12)18)14(19)10-7-6-9(15)8-11(10)16/h6-8,12-13,18H,2-5H2,1H3/t12-,13-/m1/s1. The Hall–Kier alpha value is -0.770. The maximum absolute atomic E-state index is 12.4. The van der Waals surface area contributed by atoms with E-state index in [9.17, 15) is 9.90 Å². The predicted molar refractivity (Wildman–Crippen MR) is 76.8 cm³/mol. The van der Waals surface area contributed by atoms with Crippen LogP contribution in [0.2, 0.25) is 10.0 Å². The quantitative estimate of drug-likeness (QED) is 0.910. The third kappa shape index (κ3) is 3.22. The number of rotatable bonds is 2. The second kappa shape index (κ2) is 6.12. The fourth-order valence-corrected chi connectivity index (χ4v) is 3.04. The van der Waals surface area contributed by atoms with Crippen molar-refractivity contribution in [3.8, 4) is 0 Å². The normalized spacial score (nSPS) is 23.2. The number of carbonyl (C=O) groups excluding carboxylic acids is 1. The van der Waals surface area contributed by atoms with E-state index >= 15 is 0 Å². The summed E-state index contributed by atoms with van der Waals surface area (Å²) in [7, 11) is 1.71. The molecule has 5 heteroatoms. The number of aliphatic hydroxyl groups excluding tert-OH is 1. The molecule has 19 heavy (non-hydrogen) atoms.